The number of oxazole rings is 1. The fraction of sp³-hybridized carbons (Fsp3) is 0.133. The Bertz CT molecular complexity index is 718. The van der Waals surface area contributed by atoms with E-state index in [-0.39, 0.29) is 0 Å². The molecule has 0 N–H and O–H groups in total. The molecule has 1 heterocycles. The summed E-state index contributed by atoms with van der Waals surface area (Å²) in [6, 6.07) is 9.32. The largest absolute Gasteiger partial charge is 0.436 e. The van der Waals surface area contributed by atoms with Crippen molar-refractivity contribution in [1.29, 1.82) is 0 Å². The molecule has 0 amide bonds. The zero-order valence-electron chi connectivity index (χ0n) is 10.5. The predicted molar refractivity (Wildman–Crippen MR) is 78.9 cm³/mol. The molecule has 1 aromatic heterocycles. The molecule has 0 aliphatic heterocycles. The summed E-state index contributed by atoms with van der Waals surface area (Å²) in [5.74, 6) is 0.454. The highest BCUT2D eigenvalue weighted by Gasteiger charge is 2.15. The lowest BCUT2D eigenvalue weighted by atomic mass is 10.1. The van der Waals surface area contributed by atoms with Crippen LogP contribution in [0.25, 0.3) is 22.6 Å². The molecule has 0 saturated carbocycles. The molecule has 0 unspecified atom stereocenters. The van der Waals surface area contributed by atoms with E-state index in [4.69, 9.17) is 27.6 Å². The summed E-state index contributed by atoms with van der Waals surface area (Å²) < 4.78 is 5.77. The molecule has 19 heavy (non-hydrogen) atoms. The number of hydrogen-bond donors (Lipinski definition) is 0. The lowest BCUT2D eigenvalue weighted by Gasteiger charge is -2.01. The van der Waals surface area contributed by atoms with E-state index in [9.17, 15) is 0 Å². The molecule has 2 aromatic carbocycles. The highest BCUT2D eigenvalue weighted by atomic mass is 35.5. The molecule has 0 fully saturated rings. The molecule has 0 radical (unpaired) electrons. The lowest BCUT2D eigenvalue weighted by Crippen LogP contribution is -1.81. The molecule has 0 spiro atoms. The highest BCUT2D eigenvalue weighted by molar-refractivity contribution is 6.38. The number of halogens is 2. The Balaban J connectivity index is 2.26. The van der Waals surface area contributed by atoms with Crippen molar-refractivity contribution in [2.24, 2.45) is 0 Å². The van der Waals surface area contributed by atoms with E-state index in [2.05, 4.69) is 4.98 Å². The van der Waals surface area contributed by atoms with E-state index in [1.807, 2.05) is 26.0 Å². The Hall–Kier alpha value is -1.51. The average molecular weight is 292 g/mol. The molecule has 3 aromatic rings. The van der Waals surface area contributed by atoms with Crippen LogP contribution in [0.1, 0.15) is 11.1 Å². The zero-order valence-corrected chi connectivity index (χ0v) is 12.0. The molecule has 0 atom stereocenters. The van der Waals surface area contributed by atoms with Gasteiger partial charge < -0.3 is 4.42 Å². The van der Waals surface area contributed by atoms with Crippen molar-refractivity contribution >= 4 is 34.3 Å². The highest BCUT2D eigenvalue weighted by Crippen LogP contribution is 2.35. The third kappa shape index (κ3) is 2.11. The van der Waals surface area contributed by atoms with Crippen LogP contribution in [-0.4, -0.2) is 4.98 Å². The van der Waals surface area contributed by atoms with Gasteiger partial charge in [-0.2, -0.15) is 0 Å². The maximum absolute atomic E-state index is 6.17. The third-order valence-electron chi connectivity index (χ3n) is 3.18. The summed E-state index contributed by atoms with van der Waals surface area (Å²) in [5, 5.41) is 1.07. The number of hydrogen-bond acceptors (Lipinski definition) is 2. The molecule has 0 aliphatic rings. The maximum atomic E-state index is 6.17. The van der Waals surface area contributed by atoms with E-state index in [1.165, 1.54) is 11.1 Å². The zero-order chi connectivity index (χ0) is 13.6. The minimum Gasteiger partial charge on any atom is -0.436 e. The molecular weight excluding hydrogens is 281 g/mol. The number of nitrogens with zero attached hydrogens (tertiary/aromatic N) is 1. The molecule has 4 heteroatoms. The Morgan fingerprint density at radius 3 is 2.32 bits per heavy atom. The first-order chi connectivity index (χ1) is 9.06. The van der Waals surface area contributed by atoms with Crippen LogP contribution in [-0.2, 0) is 0 Å². The van der Waals surface area contributed by atoms with Crippen molar-refractivity contribution in [3.63, 3.8) is 0 Å². The molecule has 0 aliphatic carbocycles. The van der Waals surface area contributed by atoms with Gasteiger partial charge in [-0.05, 0) is 49.2 Å². The molecule has 3 rings (SSSR count). The smallest absolute Gasteiger partial charge is 0.230 e. The summed E-state index contributed by atoms with van der Waals surface area (Å²) in [5.41, 5.74) is 4.54. The number of fused-ring (bicyclic) bond motifs is 1. The normalized spacial score (nSPS) is 11.2. The monoisotopic (exact) mass is 291 g/mol. The van der Waals surface area contributed by atoms with Gasteiger partial charge in [-0.3, -0.25) is 0 Å². The number of rotatable bonds is 1. The third-order valence-corrected chi connectivity index (χ3v) is 3.81. The second kappa shape index (κ2) is 4.55. The second-order valence-corrected chi connectivity index (χ2v) is 5.33. The first-order valence-electron chi connectivity index (χ1n) is 5.88. The van der Waals surface area contributed by atoms with Crippen molar-refractivity contribution in [1.82, 2.24) is 4.98 Å². The first-order valence-corrected chi connectivity index (χ1v) is 6.64. The van der Waals surface area contributed by atoms with Crippen LogP contribution in [0.3, 0.4) is 0 Å². The van der Waals surface area contributed by atoms with Crippen LogP contribution in [0.2, 0.25) is 10.0 Å². The summed E-state index contributed by atoms with van der Waals surface area (Å²) in [6.45, 7) is 4.09. The fourth-order valence-electron chi connectivity index (χ4n) is 1.99. The van der Waals surface area contributed by atoms with E-state index in [1.54, 1.807) is 18.2 Å². The van der Waals surface area contributed by atoms with Crippen molar-refractivity contribution in [3.8, 4) is 11.5 Å². The minimum atomic E-state index is 0.454. The van der Waals surface area contributed by atoms with Gasteiger partial charge in [0, 0.05) is 0 Å². The quantitative estimate of drug-likeness (QED) is 0.598. The number of aromatic nitrogens is 1. The molecule has 2 nitrogen and oxygen atoms in total. The SMILES string of the molecule is Cc1cc2nc(-c3c(Cl)cccc3Cl)oc2cc1C. The van der Waals surface area contributed by atoms with Crippen LogP contribution < -0.4 is 0 Å². The summed E-state index contributed by atoms with van der Waals surface area (Å²) in [7, 11) is 0. The molecular formula is C15H11Cl2NO. The summed E-state index contributed by atoms with van der Waals surface area (Å²) >= 11 is 12.3. The van der Waals surface area contributed by atoms with Gasteiger partial charge in [0.15, 0.2) is 5.58 Å². The van der Waals surface area contributed by atoms with Crippen LogP contribution in [0.5, 0.6) is 0 Å². The standard InChI is InChI=1S/C15H11Cl2NO/c1-8-6-12-13(7-9(8)2)19-15(18-12)14-10(16)4-3-5-11(14)17/h3-7H,1-2H3. The van der Waals surface area contributed by atoms with Crippen molar-refractivity contribution in [2.45, 2.75) is 13.8 Å². The minimum absolute atomic E-state index is 0.454. The van der Waals surface area contributed by atoms with E-state index in [0.717, 1.165) is 11.1 Å². The fourth-order valence-corrected chi connectivity index (χ4v) is 2.55. The van der Waals surface area contributed by atoms with Gasteiger partial charge in [0.25, 0.3) is 0 Å². The van der Waals surface area contributed by atoms with E-state index >= 15 is 0 Å². The van der Waals surface area contributed by atoms with E-state index in [0.29, 0.717) is 21.5 Å². The van der Waals surface area contributed by atoms with Gasteiger partial charge in [-0.15, -0.1) is 0 Å². The van der Waals surface area contributed by atoms with Gasteiger partial charge in [0.05, 0.1) is 15.6 Å². The predicted octanol–water partition coefficient (Wildman–Crippen LogP) is 5.42. The van der Waals surface area contributed by atoms with Crippen LogP contribution in [0.4, 0.5) is 0 Å². The van der Waals surface area contributed by atoms with Crippen molar-refractivity contribution < 1.29 is 4.42 Å². The van der Waals surface area contributed by atoms with Gasteiger partial charge in [0.2, 0.25) is 5.89 Å². The van der Waals surface area contributed by atoms with Crippen molar-refractivity contribution in [3.05, 3.63) is 51.5 Å². The number of benzene rings is 2. The topological polar surface area (TPSA) is 26.0 Å². The number of aryl methyl sites for hydroxylation is 2. The Morgan fingerprint density at radius 2 is 1.63 bits per heavy atom. The van der Waals surface area contributed by atoms with Crippen molar-refractivity contribution in [2.75, 3.05) is 0 Å². The van der Waals surface area contributed by atoms with Crippen LogP contribution >= 0.6 is 23.2 Å². The van der Waals surface area contributed by atoms with Crippen LogP contribution in [0.15, 0.2) is 34.7 Å². The molecule has 0 saturated heterocycles. The van der Waals surface area contributed by atoms with Gasteiger partial charge in [-0.1, -0.05) is 29.3 Å². The summed E-state index contributed by atoms with van der Waals surface area (Å²) in [4.78, 5) is 4.47. The van der Waals surface area contributed by atoms with Gasteiger partial charge >= 0.3 is 0 Å². The average Bonchev–Trinajstić information content (AvgIpc) is 2.72. The summed E-state index contributed by atoms with van der Waals surface area (Å²) in [6.07, 6.45) is 0. The first kappa shape index (κ1) is 12.5. The van der Waals surface area contributed by atoms with E-state index < -0.39 is 0 Å². The van der Waals surface area contributed by atoms with Gasteiger partial charge in [-0.25, -0.2) is 4.98 Å². The Labute approximate surface area is 121 Å². The second-order valence-electron chi connectivity index (χ2n) is 4.52. The van der Waals surface area contributed by atoms with Gasteiger partial charge in [0.1, 0.15) is 5.52 Å². The van der Waals surface area contributed by atoms with Crippen LogP contribution in [0, 0.1) is 13.8 Å². The Kier molecular flexibility index (Phi) is 3.00. The lowest BCUT2D eigenvalue weighted by molar-refractivity contribution is 0.619. The maximum Gasteiger partial charge on any atom is 0.230 e. The Morgan fingerprint density at radius 1 is 1.00 bits per heavy atom. The molecule has 0 bridgehead atoms. The molecule has 96 valence electrons.